The van der Waals surface area contributed by atoms with Gasteiger partial charge in [0, 0.05) is 23.7 Å². The molecule has 0 saturated carbocycles. The third-order valence-electron chi connectivity index (χ3n) is 4.58. The van der Waals surface area contributed by atoms with Crippen LogP contribution in [0.1, 0.15) is 30.4 Å². The minimum atomic E-state index is -0.489. The van der Waals surface area contributed by atoms with Crippen molar-refractivity contribution >= 4 is 21.9 Å². The minimum Gasteiger partial charge on any atom is -0.454 e. The van der Waals surface area contributed by atoms with E-state index in [2.05, 4.69) is 33.4 Å². The predicted octanol–water partition coefficient (Wildman–Crippen LogP) is 4.20. The highest BCUT2D eigenvalue weighted by molar-refractivity contribution is 9.10. The fourth-order valence-corrected chi connectivity index (χ4v) is 3.71. The van der Waals surface area contributed by atoms with Crippen LogP contribution in [0.2, 0.25) is 0 Å². The number of halogens is 1. The Morgan fingerprint density at radius 2 is 1.71 bits per heavy atom. The number of ether oxygens (including phenoxy) is 1. The Hall–Kier alpha value is -1.65. The molecular formula is C20H22BrNO2. The molecule has 1 N–H and O–H groups in total. The van der Waals surface area contributed by atoms with Crippen LogP contribution in [0, 0.1) is 0 Å². The normalized spacial score (nSPS) is 16.5. The van der Waals surface area contributed by atoms with Crippen LogP contribution in [0.3, 0.4) is 0 Å². The van der Waals surface area contributed by atoms with Crippen molar-refractivity contribution in [3.8, 4) is 0 Å². The number of esters is 1. The van der Waals surface area contributed by atoms with Crippen molar-refractivity contribution in [2.75, 3.05) is 13.1 Å². The van der Waals surface area contributed by atoms with Crippen molar-refractivity contribution in [1.82, 2.24) is 5.32 Å². The van der Waals surface area contributed by atoms with Gasteiger partial charge in [-0.3, -0.25) is 4.79 Å². The zero-order valence-electron chi connectivity index (χ0n) is 13.6. The maximum Gasteiger partial charge on any atom is 0.307 e. The Morgan fingerprint density at radius 3 is 2.42 bits per heavy atom. The van der Waals surface area contributed by atoms with Gasteiger partial charge < -0.3 is 10.1 Å². The summed E-state index contributed by atoms with van der Waals surface area (Å²) in [5, 5.41) is 3.35. The quantitative estimate of drug-likeness (QED) is 0.781. The standard InChI is InChI=1S/C20H22BrNO2/c21-18-9-5-4-6-16(18)10-11-19(23)24-20(12-14-22-15-13-20)17-7-2-1-3-8-17/h1-9,22H,10-15H2. The van der Waals surface area contributed by atoms with Crippen LogP contribution in [0.15, 0.2) is 59.1 Å². The number of carbonyl (C=O) groups excluding carboxylic acids is 1. The topological polar surface area (TPSA) is 38.3 Å². The van der Waals surface area contributed by atoms with Crippen LogP contribution in [0.5, 0.6) is 0 Å². The lowest BCUT2D eigenvalue weighted by molar-refractivity contribution is -0.164. The number of carbonyl (C=O) groups is 1. The van der Waals surface area contributed by atoms with Gasteiger partial charge in [-0.1, -0.05) is 64.5 Å². The van der Waals surface area contributed by atoms with Crippen LogP contribution >= 0.6 is 15.9 Å². The van der Waals surface area contributed by atoms with E-state index in [0.717, 1.165) is 41.5 Å². The van der Waals surface area contributed by atoms with Crippen LogP contribution in [0.4, 0.5) is 0 Å². The van der Waals surface area contributed by atoms with Crippen molar-refractivity contribution in [3.05, 3.63) is 70.2 Å². The van der Waals surface area contributed by atoms with Crippen LogP contribution < -0.4 is 5.32 Å². The maximum absolute atomic E-state index is 12.5. The van der Waals surface area contributed by atoms with Crippen molar-refractivity contribution < 1.29 is 9.53 Å². The highest BCUT2D eigenvalue weighted by Gasteiger charge is 2.37. The molecule has 0 unspecified atom stereocenters. The summed E-state index contributed by atoms with van der Waals surface area (Å²) in [7, 11) is 0. The molecule has 0 radical (unpaired) electrons. The Bertz CT molecular complexity index is 681. The van der Waals surface area contributed by atoms with Gasteiger partial charge >= 0.3 is 5.97 Å². The van der Waals surface area contributed by atoms with Crippen LogP contribution in [0.25, 0.3) is 0 Å². The molecule has 4 heteroatoms. The number of benzene rings is 2. The first-order chi connectivity index (χ1) is 11.7. The molecular weight excluding hydrogens is 366 g/mol. The van der Waals surface area contributed by atoms with Crippen molar-refractivity contribution in [2.24, 2.45) is 0 Å². The Kier molecular flexibility index (Phi) is 5.69. The van der Waals surface area contributed by atoms with E-state index in [1.54, 1.807) is 0 Å². The number of rotatable bonds is 5. The van der Waals surface area contributed by atoms with Gasteiger partial charge in [0.2, 0.25) is 0 Å². The van der Waals surface area contributed by atoms with Crippen LogP contribution in [-0.4, -0.2) is 19.1 Å². The number of hydrogen-bond acceptors (Lipinski definition) is 3. The first kappa shape index (κ1) is 17.2. The molecule has 0 spiro atoms. The Labute approximate surface area is 151 Å². The van der Waals surface area contributed by atoms with Gasteiger partial charge in [0.1, 0.15) is 5.60 Å². The molecule has 1 heterocycles. The first-order valence-corrected chi connectivity index (χ1v) is 9.20. The van der Waals surface area contributed by atoms with Crippen molar-refractivity contribution in [1.29, 1.82) is 0 Å². The van der Waals surface area contributed by atoms with E-state index in [0.29, 0.717) is 12.8 Å². The fourth-order valence-electron chi connectivity index (χ4n) is 3.23. The van der Waals surface area contributed by atoms with Gasteiger partial charge in [0.25, 0.3) is 0 Å². The molecule has 24 heavy (non-hydrogen) atoms. The van der Waals surface area contributed by atoms with Crippen molar-refractivity contribution in [3.63, 3.8) is 0 Å². The number of aryl methyl sites for hydroxylation is 1. The van der Waals surface area contributed by atoms with Gasteiger partial charge in [-0.25, -0.2) is 0 Å². The second-order valence-electron chi connectivity index (χ2n) is 6.18. The lowest BCUT2D eigenvalue weighted by Gasteiger charge is -2.37. The lowest BCUT2D eigenvalue weighted by Crippen LogP contribution is -2.43. The zero-order chi connectivity index (χ0) is 16.8. The summed E-state index contributed by atoms with van der Waals surface area (Å²) in [4.78, 5) is 12.5. The molecule has 3 nitrogen and oxygen atoms in total. The third kappa shape index (κ3) is 4.05. The van der Waals surface area contributed by atoms with Gasteiger partial charge in [0.05, 0.1) is 0 Å². The number of hydrogen-bond donors (Lipinski definition) is 1. The fraction of sp³-hybridized carbons (Fsp3) is 0.350. The van der Waals surface area contributed by atoms with E-state index in [1.165, 1.54) is 0 Å². The summed E-state index contributed by atoms with van der Waals surface area (Å²) in [5.74, 6) is -0.128. The number of piperidine rings is 1. The lowest BCUT2D eigenvalue weighted by atomic mass is 9.84. The second kappa shape index (κ2) is 7.95. The van der Waals surface area contributed by atoms with E-state index in [9.17, 15) is 4.79 Å². The third-order valence-corrected chi connectivity index (χ3v) is 5.35. The summed E-state index contributed by atoms with van der Waals surface area (Å²) in [6, 6.07) is 18.1. The molecule has 2 aromatic rings. The average Bonchev–Trinajstić information content (AvgIpc) is 2.62. The van der Waals surface area contributed by atoms with Gasteiger partial charge in [-0.2, -0.15) is 0 Å². The Morgan fingerprint density at radius 1 is 1.04 bits per heavy atom. The second-order valence-corrected chi connectivity index (χ2v) is 7.03. The summed E-state index contributed by atoms with van der Waals surface area (Å²) in [5.41, 5.74) is 1.74. The predicted molar refractivity (Wildman–Crippen MR) is 98.8 cm³/mol. The van der Waals surface area contributed by atoms with Gasteiger partial charge in [-0.15, -0.1) is 0 Å². The maximum atomic E-state index is 12.5. The SMILES string of the molecule is O=C(CCc1ccccc1Br)OC1(c2ccccc2)CCNCC1. The molecule has 2 aromatic carbocycles. The van der Waals surface area contributed by atoms with Gasteiger partial charge in [-0.05, 0) is 36.7 Å². The van der Waals surface area contributed by atoms with E-state index >= 15 is 0 Å². The summed E-state index contributed by atoms with van der Waals surface area (Å²) in [6.45, 7) is 1.73. The monoisotopic (exact) mass is 387 g/mol. The molecule has 1 aliphatic rings. The molecule has 0 aliphatic carbocycles. The first-order valence-electron chi connectivity index (χ1n) is 8.41. The van der Waals surface area contributed by atoms with Crippen molar-refractivity contribution in [2.45, 2.75) is 31.3 Å². The zero-order valence-corrected chi connectivity index (χ0v) is 15.2. The number of nitrogens with one attached hydrogen (secondary N) is 1. The molecule has 3 rings (SSSR count). The Balaban J connectivity index is 1.69. The highest BCUT2D eigenvalue weighted by atomic mass is 79.9. The smallest absolute Gasteiger partial charge is 0.307 e. The molecule has 1 saturated heterocycles. The molecule has 1 fully saturated rings. The molecule has 1 aliphatic heterocycles. The molecule has 0 aromatic heterocycles. The summed E-state index contributed by atoms with van der Waals surface area (Å²) >= 11 is 3.53. The molecule has 0 amide bonds. The van der Waals surface area contributed by atoms with Gasteiger partial charge in [0.15, 0.2) is 0 Å². The summed E-state index contributed by atoms with van der Waals surface area (Å²) in [6.07, 6.45) is 2.71. The van der Waals surface area contributed by atoms with E-state index in [-0.39, 0.29) is 5.97 Å². The average molecular weight is 388 g/mol. The van der Waals surface area contributed by atoms with E-state index in [4.69, 9.17) is 4.74 Å². The molecule has 126 valence electrons. The summed E-state index contributed by atoms with van der Waals surface area (Å²) < 4.78 is 7.07. The minimum absolute atomic E-state index is 0.128. The largest absolute Gasteiger partial charge is 0.454 e. The molecule has 0 atom stereocenters. The molecule has 0 bridgehead atoms. The highest BCUT2D eigenvalue weighted by Crippen LogP contribution is 2.35. The van der Waals surface area contributed by atoms with E-state index in [1.807, 2.05) is 42.5 Å². The van der Waals surface area contributed by atoms with E-state index < -0.39 is 5.60 Å². The van der Waals surface area contributed by atoms with Crippen LogP contribution in [-0.2, 0) is 21.6 Å².